The Hall–Kier alpha value is -1.28. The quantitative estimate of drug-likeness (QED) is 0.886. The Kier molecular flexibility index (Phi) is 4.77. The molecule has 0 radical (unpaired) electrons. The van der Waals surface area contributed by atoms with Gasteiger partial charge in [-0.3, -0.25) is 0 Å². The van der Waals surface area contributed by atoms with E-state index in [9.17, 15) is 17.9 Å². The molecule has 1 aromatic heterocycles. The van der Waals surface area contributed by atoms with E-state index in [0.29, 0.717) is 0 Å². The summed E-state index contributed by atoms with van der Waals surface area (Å²) in [5.41, 5.74) is 0.165. The largest absolute Gasteiger partial charge is 0.392 e. The van der Waals surface area contributed by atoms with Gasteiger partial charge >= 0.3 is 0 Å². The minimum absolute atomic E-state index is 0.165. The molecule has 0 aliphatic rings. The molecule has 1 heterocycles. The highest BCUT2D eigenvalue weighted by Crippen LogP contribution is 2.25. The first-order chi connectivity index (χ1) is 9.83. The lowest BCUT2D eigenvalue weighted by Crippen LogP contribution is -2.27. The third kappa shape index (κ3) is 3.68. The molecule has 21 heavy (non-hydrogen) atoms. The fraction of sp³-hybridized carbons (Fsp3) is 0.286. The van der Waals surface area contributed by atoms with E-state index in [2.05, 4.69) is 4.72 Å². The van der Waals surface area contributed by atoms with Crippen LogP contribution in [0.5, 0.6) is 0 Å². The molecule has 1 unspecified atom stereocenters. The van der Waals surface area contributed by atoms with Crippen molar-refractivity contribution in [3.05, 3.63) is 51.5 Å². The molecule has 2 rings (SSSR count). The van der Waals surface area contributed by atoms with Gasteiger partial charge in [-0.25, -0.2) is 17.5 Å². The zero-order chi connectivity index (χ0) is 15.6. The van der Waals surface area contributed by atoms with Gasteiger partial charge < -0.3 is 5.11 Å². The topological polar surface area (TPSA) is 66.4 Å². The van der Waals surface area contributed by atoms with Gasteiger partial charge in [0.1, 0.15) is 5.82 Å². The Balaban J connectivity index is 2.32. The van der Waals surface area contributed by atoms with Crippen LogP contribution in [0.3, 0.4) is 0 Å². The van der Waals surface area contributed by atoms with Crippen LogP contribution in [0.25, 0.3) is 0 Å². The van der Waals surface area contributed by atoms with E-state index in [1.54, 1.807) is 6.92 Å². The van der Waals surface area contributed by atoms with E-state index in [4.69, 9.17) is 0 Å². The molecule has 0 saturated heterocycles. The maximum atomic E-state index is 13.3. The van der Waals surface area contributed by atoms with Crippen molar-refractivity contribution < 1.29 is 17.9 Å². The average Bonchev–Trinajstić information content (AvgIpc) is 2.85. The zero-order valence-electron chi connectivity index (χ0n) is 11.6. The number of hydrogen-bond acceptors (Lipinski definition) is 4. The maximum absolute atomic E-state index is 13.3. The van der Waals surface area contributed by atoms with E-state index in [-0.39, 0.29) is 10.5 Å². The van der Waals surface area contributed by atoms with Crippen LogP contribution in [0.1, 0.15) is 28.3 Å². The number of sulfonamides is 1. The Morgan fingerprint density at radius 2 is 2.05 bits per heavy atom. The molecule has 0 amide bonds. The molecule has 0 aliphatic carbocycles. The summed E-state index contributed by atoms with van der Waals surface area (Å²) in [4.78, 5) is 1.72. The molecule has 1 atom stereocenters. The van der Waals surface area contributed by atoms with Gasteiger partial charge in [-0.2, -0.15) is 0 Å². The van der Waals surface area contributed by atoms with Gasteiger partial charge in [0.2, 0.25) is 10.0 Å². The Bertz CT molecular complexity index is 740. The van der Waals surface area contributed by atoms with Crippen LogP contribution in [0.4, 0.5) is 4.39 Å². The molecule has 4 nitrogen and oxygen atoms in total. The molecule has 1 aromatic carbocycles. The van der Waals surface area contributed by atoms with Gasteiger partial charge in [0.15, 0.2) is 0 Å². The third-order valence-corrected chi connectivity index (χ3v) is 5.82. The predicted octanol–water partition coefficient (Wildman–Crippen LogP) is 2.73. The first-order valence-electron chi connectivity index (χ1n) is 6.31. The van der Waals surface area contributed by atoms with Crippen LogP contribution >= 0.6 is 11.3 Å². The first kappa shape index (κ1) is 16.1. The normalized spacial score (nSPS) is 13.3. The highest BCUT2D eigenvalue weighted by molar-refractivity contribution is 7.89. The predicted molar refractivity (Wildman–Crippen MR) is 80.1 cm³/mol. The van der Waals surface area contributed by atoms with Crippen molar-refractivity contribution in [3.8, 4) is 0 Å². The summed E-state index contributed by atoms with van der Waals surface area (Å²) < 4.78 is 40.6. The summed E-state index contributed by atoms with van der Waals surface area (Å²) in [5, 5.41) is 9.21. The van der Waals surface area contributed by atoms with Gasteiger partial charge in [0, 0.05) is 9.75 Å². The van der Waals surface area contributed by atoms with Gasteiger partial charge in [-0.15, -0.1) is 11.3 Å². The zero-order valence-corrected chi connectivity index (χ0v) is 13.3. The summed E-state index contributed by atoms with van der Waals surface area (Å²) >= 11 is 1.49. The summed E-state index contributed by atoms with van der Waals surface area (Å²) in [5.74, 6) is -0.660. The van der Waals surface area contributed by atoms with Crippen molar-refractivity contribution in [3.63, 3.8) is 0 Å². The van der Waals surface area contributed by atoms with Crippen molar-refractivity contribution in [1.82, 2.24) is 4.72 Å². The first-order valence-corrected chi connectivity index (χ1v) is 8.61. The lowest BCUT2D eigenvalue weighted by Gasteiger charge is -2.15. The number of benzene rings is 1. The highest BCUT2D eigenvalue weighted by atomic mass is 32.2. The van der Waals surface area contributed by atoms with Crippen molar-refractivity contribution >= 4 is 21.4 Å². The molecule has 114 valence electrons. The molecule has 2 N–H and O–H groups in total. The van der Waals surface area contributed by atoms with Crippen LogP contribution < -0.4 is 4.72 Å². The van der Waals surface area contributed by atoms with Crippen molar-refractivity contribution in [2.24, 2.45) is 0 Å². The fourth-order valence-electron chi connectivity index (χ4n) is 1.95. The number of aryl methyl sites for hydroxylation is 1. The number of aliphatic hydroxyl groups is 1. The van der Waals surface area contributed by atoms with Crippen LogP contribution in [-0.2, 0) is 16.6 Å². The average molecular weight is 329 g/mol. The number of hydrogen-bond donors (Lipinski definition) is 2. The summed E-state index contributed by atoms with van der Waals surface area (Å²) in [6, 6.07) is 6.64. The van der Waals surface area contributed by atoms with Crippen LogP contribution in [0.2, 0.25) is 0 Å². The van der Waals surface area contributed by atoms with Crippen molar-refractivity contribution in [1.29, 1.82) is 0 Å². The minimum atomic E-state index is -3.91. The van der Waals surface area contributed by atoms with E-state index in [1.807, 2.05) is 19.1 Å². The van der Waals surface area contributed by atoms with Gasteiger partial charge in [-0.1, -0.05) is 6.07 Å². The maximum Gasteiger partial charge on any atom is 0.241 e. The second-order valence-corrected chi connectivity index (χ2v) is 7.70. The lowest BCUT2D eigenvalue weighted by atomic mass is 10.2. The molecule has 2 aromatic rings. The van der Waals surface area contributed by atoms with E-state index in [1.165, 1.54) is 17.4 Å². The molecular weight excluding hydrogens is 313 g/mol. The van der Waals surface area contributed by atoms with Crippen LogP contribution in [-0.4, -0.2) is 13.5 Å². The Morgan fingerprint density at radius 1 is 1.33 bits per heavy atom. The Morgan fingerprint density at radius 3 is 2.62 bits per heavy atom. The molecule has 0 aliphatic heterocycles. The smallest absolute Gasteiger partial charge is 0.241 e. The van der Waals surface area contributed by atoms with Gasteiger partial charge in [0.25, 0.3) is 0 Å². The second-order valence-electron chi connectivity index (χ2n) is 4.70. The summed E-state index contributed by atoms with van der Waals surface area (Å²) in [6.07, 6.45) is 0. The minimum Gasteiger partial charge on any atom is -0.392 e. The molecular formula is C14H16FNO3S2. The van der Waals surface area contributed by atoms with Crippen LogP contribution in [0, 0.1) is 12.7 Å². The number of thiophene rings is 1. The van der Waals surface area contributed by atoms with Gasteiger partial charge in [0.05, 0.1) is 17.5 Å². The number of rotatable bonds is 5. The molecule has 7 heteroatoms. The number of aliphatic hydroxyl groups excluding tert-OH is 1. The van der Waals surface area contributed by atoms with E-state index >= 15 is 0 Å². The highest BCUT2D eigenvalue weighted by Gasteiger charge is 2.22. The molecule has 0 spiro atoms. The number of nitrogens with one attached hydrogen (secondary N) is 1. The molecule has 0 saturated carbocycles. The molecule has 0 bridgehead atoms. The van der Waals surface area contributed by atoms with Crippen molar-refractivity contribution in [2.75, 3.05) is 0 Å². The lowest BCUT2D eigenvalue weighted by molar-refractivity contribution is 0.278. The third-order valence-electron chi connectivity index (χ3n) is 3.01. The monoisotopic (exact) mass is 329 g/mol. The standard InChI is InChI=1S/C14H16FNO3S2/c1-9-3-6-13(20-9)10(2)16-21(18,19)14-7-12(15)5-4-11(14)8-17/h3-7,10,16-17H,8H2,1-2H3. The Labute approximate surface area is 127 Å². The second kappa shape index (κ2) is 6.23. The number of halogens is 1. The molecule has 0 fully saturated rings. The van der Waals surface area contributed by atoms with Crippen molar-refractivity contribution in [2.45, 2.75) is 31.4 Å². The summed E-state index contributed by atoms with van der Waals surface area (Å²) in [6.45, 7) is 3.19. The SMILES string of the molecule is Cc1ccc(C(C)NS(=O)(=O)c2cc(F)ccc2CO)s1. The van der Waals surface area contributed by atoms with E-state index in [0.717, 1.165) is 21.9 Å². The van der Waals surface area contributed by atoms with Gasteiger partial charge in [-0.05, 0) is 43.7 Å². The van der Waals surface area contributed by atoms with E-state index < -0.39 is 28.5 Å². The summed E-state index contributed by atoms with van der Waals surface area (Å²) in [7, 11) is -3.91. The van der Waals surface area contributed by atoms with Crippen LogP contribution in [0.15, 0.2) is 35.2 Å². The fourth-order valence-corrected chi connectivity index (χ4v) is 4.37.